The largest absolute Gasteiger partial charge is 0.387 e. The van der Waals surface area contributed by atoms with Crippen LogP contribution in [0, 0.1) is 11.3 Å². The number of hydrogen-bond donors (Lipinski definition) is 2. The lowest BCUT2D eigenvalue weighted by Crippen LogP contribution is -2.14. The van der Waals surface area contributed by atoms with Crippen molar-refractivity contribution in [2.75, 3.05) is 0 Å². The molecule has 0 saturated heterocycles. The molecule has 5 heteroatoms. The second-order valence-electron chi connectivity index (χ2n) is 5.50. The van der Waals surface area contributed by atoms with Gasteiger partial charge in [0.1, 0.15) is 11.9 Å². The highest BCUT2D eigenvalue weighted by Crippen LogP contribution is 2.23. The van der Waals surface area contributed by atoms with Gasteiger partial charge in [0.05, 0.1) is 24.3 Å². The molecule has 2 atom stereocenters. The Labute approximate surface area is 140 Å². The summed E-state index contributed by atoms with van der Waals surface area (Å²) >= 11 is 0. The quantitative estimate of drug-likeness (QED) is 0.757. The summed E-state index contributed by atoms with van der Waals surface area (Å²) in [6, 6.07) is 18.1. The molecule has 0 aliphatic carbocycles. The molecule has 5 nitrogen and oxygen atoms in total. The third-order valence-electron chi connectivity index (χ3n) is 3.90. The van der Waals surface area contributed by atoms with E-state index in [1.54, 1.807) is 41.2 Å². The molecule has 0 amide bonds. The minimum absolute atomic E-state index is 0.269. The van der Waals surface area contributed by atoms with Crippen LogP contribution in [-0.2, 0) is 6.54 Å². The van der Waals surface area contributed by atoms with Gasteiger partial charge in [0.2, 0.25) is 0 Å². The molecule has 3 aromatic rings. The van der Waals surface area contributed by atoms with Crippen molar-refractivity contribution >= 4 is 0 Å². The lowest BCUT2D eigenvalue weighted by atomic mass is 10.1. The van der Waals surface area contributed by atoms with Crippen LogP contribution >= 0.6 is 0 Å². The summed E-state index contributed by atoms with van der Waals surface area (Å²) < 4.78 is 1.74. The van der Waals surface area contributed by atoms with Gasteiger partial charge in [0, 0.05) is 12.4 Å². The van der Waals surface area contributed by atoms with Crippen LogP contribution in [0.15, 0.2) is 67.0 Å². The molecule has 0 radical (unpaired) electrons. The van der Waals surface area contributed by atoms with Crippen molar-refractivity contribution < 1.29 is 10.2 Å². The first-order chi connectivity index (χ1) is 11.7. The van der Waals surface area contributed by atoms with Crippen molar-refractivity contribution in [1.82, 2.24) is 9.55 Å². The first-order valence-corrected chi connectivity index (χ1v) is 7.61. The van der Waals surface area contributed by atoms with E-state index >= 15 is 0 Å². The number of benzene rings is 2. The average molecular weight is 319 g/mol. The third-order valence-corrected chi connectivity index (χ3v) is 3.90. The standard InChI is InChI=1S/C19H17N3O2/c20-12-14-6-8-15(9-7-14)17(23)13-22-11-10-21-19(22)18(24)16-4-2-1-3-5-16/h1-11,17-18,23-24H,13H2/t17-,18-/m0/s1. The number of aliphatic hydroxyl groups excluding tert-OH is 2. The third kappa shape index (κ3) is 3.35. The fourth-order valence-corrected chi connectivity index (χ4v) is 2.58. The highest BCUT2D eigenvalue weighted by molar-refractivity contribution is 5.32. The number of aromatic nitrogens is 2. The number of nitriles is 1. The molecule has 120 valence electrons. The molecule has 2 N–H and O–H groups in total. The molecule has 24 heavy (non-hydrogen) atoms. The summed E-state index contributed by atoms with van der Waals surface area (Å²) in [5.74, 6) is 0.480. The number of hydrogen-bond acceptors (Lipinski definition) is 4. The molecule has 0 fully saturated rings. The van der Waals surface area contributed by atoms with Crippen molar-refractivity contribution in [1.29, 1.82) is 5.26 Å². The molecule has 0 bridgehead atoms. The van der Waals surface area contributed by atoms with Gasteiger partial charge in [-0.3, -0.25) is 0 Å². The maximum atomic E-state index is 10.5. The topological polar surface area (TPSA) is 82.1 Å². The fourth-order valence-electron chi connectivity index (χ4n) is 2.58. The van der Waals surface area contributed by atoms with Crippen LogP contribution in [0.25, 0.3) is 0 Å². The second kappa shape index (κ2) is 7.09. The summed E-state index contributed by atoms with van der Waals surface area (Å²) in [5.41, 5.74) is 2.01. The van der Waals surface area contributed by atoms with E-state index in [9.17, 15) is 10.2 Å². The summed E-state index contributed by atoms with van der Waals surface area (Å²) in [4.78, 5) is 4.23. The Morgan fingerprint density at radius 3 is 2.38 bits per heavy atom. The Morgan fingerprint density at radius 2 is 1.71 bits per heavy atom. The lowest BCUT2D eigenvalue weighted by Gasteiger charge is -2.17. The van der Waals surface area contributed by atoms with Crippen molar-refractivity contribution in [2.45, 2.75) is 18.8 Å². The van der Waals surface area contributed by atoms with E-state index in [1.165, 1.54) is 0 Å². The molecule has 0 spiro atoms. The van der Waals surface area contributed by atoms with Crippen LogP contribution in [-0.4, -0.2) is 19.8 Å². The summed E-state index contributed by atoms with van der Waals surface area (Å²) in [6.45, 7) is 0.269. The van der Waals surface area contributed by atoms with Crippen LogP contribution in [0.3, 0.4) is 0 Å². The van der Waals surface area contributed by atoms with Crippen molar-refractivity contribution in [2.24, 2.45) is 0 Å². The van der Waals surface area contributed by atoms with Gasteiger partial charge in [0.25, 0.3) is 0 Å². The van der Waals surface area contributed by atoms with Gasteiger partial charge in [-0.15, -0.1) is 0 Å². The maximum Gasteiger partial charge on any atom is 0.142 e. The molecule has 0 saturated carbocycles. The van der Waals surface area contributed by atoms with Crippen LogP contribution in [0.4, 0.5) is 0 Å². The molecular weight excluding hydrogens is 302 g/mol. The Kier molecular flexibility index (Phi) is 4.71. The van der Waals surface area contributed by atoms with Gasteiger partial charge in [-0.2, -0.15) is 5.26 Å². The number of imidazole rings is 1. The normalized spacial score (nSPS) is 13.2. The summed E-state index contributed by atoms with van der Waals surface area (Å²) in [7, 11) is 0. The predicted molar refractivity (Wildman–Crippen MR) is 88.8 cm³/mol. The summed E-state index contributed by atoms with van der Waals surface area (Å²) in [5, 5.41) is 29.8. The van der Waals surface area contributed by atoms with E-state index in [-0.39, 0.29) is 6.54 Å². The van der Waals surface area contributed by atoms with Crippen molar-refractivity contribution in [3.63, 3.8) is 0 Å². The van der Waals surface area contributed by atoms with Gasteiger partial charge in [0.15, 0.2) is 0 Å². The highest BCUT2D eigenvalue weighted by atomic mass is 16.3. The van der Waals surface area contributed by atoms with Crippen LogP contribution in [0.2, 0.25) is 0 Å². The first-order valence-electron chi connectivity index (χ1n) is 7.61. The van der Waals surface area contributed by atoms with Crippen LogP contribution in [0.5, 0.6) is 0 Å². The molecule has 1 aromatic heterocycles. The van der Waals surface area contributed by atoms with E-state index in [0.29, 0.717) is 17.0 Å². The monoisotopic (exact) mass is 319 g/mol. The zero-order chi connectivity index (χ0) is 16.9. The predicted octanol–water partition coefficient (Wildman–Crippen LogP) is 2.57. The summed E-state index contributed by atoms with van der Waals surface area (Å²) in [6.07, 6.45) is 1.73. The molecule has 0 aliphatic rings. The highest BCUT2D eigenvalue weighted by Gasteiger charge is 2.18. The molecule has 0 unspecified atom stereocenters. The Bertz CT molecular complexity index is 835. The number of aliphatic hydroxyl groups is 2. The van der Waals surface area contributed by atoms with Gasteiger partial charge in [-0.1, -0.05) is 42.5 Å². The SMILES string of the molecule is N#Cc1ccc([C@@H](O)Cn2ccnc2[C@@H](O)c2ccccc2)cc1. The number of nitrogens with zero attached hydrogens (tertiary/aromatic N) is 3. The van der Waals surface area contributed by atoms with E-state index in [2.05, 4.69) is 11.1 Å². The van der Waals surface area contributed by atoms with Gasteiger partial charge in [-0.25, -0.2) is 4.98 Å². The maximum absolute atomic E-state index is 10.5. The van der Waals surface area contributed by atoms with Crippen molar-refractivity contribution in [3.05, 3.63) is 89.5 Å². The van der Waals surface area contributed by atoms with Gasteiger partial charge >= 0.3 is 0 Å². The Hall–Kier alpha value is -2.94. The zero-order valence-corrected chi connectivity index (χ0v) is 12.9. The molecule has 2 aromatic carbocycles. The molecule has 0 aliphatic heterocycles. The van der Waals surface area contributed by atoms with E-state index in [0.717, 1.165) is 5.56 Å². The average Bonchev–Trinajstić information content (AvgIpc) is 3.10. The Balaban J connectivity index is 1.79. The van der Waals surface area contributed by atoms with Crippen LogP contribution in [0.1, 0.15) is 34.7 Å². The molecule has 1 heterocycles. The lowest BCUT2D eigenvalue weighted by molar-refractivity contribution is 0.147. The van der Waals surface area contributed by atoms with Crippen molar-refractivity contribution in [3.8, 4) is 6.07 Å². The first kappa shape index (κ1) is 15.9. The second-order valence-corrected chi connectivity index (χ2v) is 5.50. The fraction of sp³-hybridized carbons (Fsp3) is 0.158. The minimum Gasteiger partial charge on any atom is -0.387 e. The molecular formula is C19H17N3O2. The van der Waals surface area contributed by atoms with Gasteiger partial charge < -0.3 is 14.8 Å². The van der Waals surface area contributed by atoms with Crippen LogP contribution < -0.4 is 0 Å². The van der Waals surface area contributed by atoms with E-state index in [1.807, 2.05) is 30.3 Å². The minimum atomic E-state index is -0.852. The number of rotatable bonds is 5. The van der Waals surface area contributed by atoms with Gasteiger partial charge in [-0.05, 0) is 23.3 Å². The Morgan fingerprint density at radius 1 is 1.00 bits per heavy atom. The van der Waals surface area contributed by atoms with E-state index in [4.69, 9.17) is 5.26 Å². The smallest absolute Gasteiger partial charge is 0.142 e. The molecule has 3 rings (SSSR count). The zero-order valence-electron chi connectivity index (χ0n) is 12.9. The van der Waals surface area contributed by atoms with E-state index < -0.39 is 12.2 Å².